The van der Waals surface area contributed by atoms with Crippen molar-refractivity contribution in [2.24, 2.45) is 5.92 Å². The van der Waals surface area contributed by atoms with Crippen LogP contribution in [0, 0.1) is 18.3 Å². The highest BCUT2D eigenvalue weighted by Crippen LogP contribution is 2.20. The standard InChI is InChI=1S/C23H24ClN3O3/c1-5-16-9-8-10-17(13-16)27(14-20(28)25-4)23(30)21(15(2)3)26-22(29)18-11-6-7-12-19(18)24/h1,6-13,15,21H,14H2,2-4H3,(H,25,28)(H,26,29). The molecule has 2 N–H and O–H groups in total. The molecule has 7 heteroatoms. The number of hydrogen-bond acceptors (Lipinski definition) is 3. The molecule has 0 saturated heterocycles. The van der Waals surface area contributed by atoms with E-state index in [1.165, 1.54) is 11.9 Å². The number of terminal acetylenes is 1. The summed E-state index contributed by atoms with van der Waals surface area (Å²) in [6.45, 7) is 3.41. The summed E-state index contributed by atoms with van der Waals surface area (Å²) in [5.74, 6) is 1.03. The summed E-state index contributed by atoms with van der Waals surface area (Å²) in [6.07, 6.45) is 5.47. The van der Waals surface area contributed by atoms with Crippen molar-refractivity contribution in [3.8, 4) is 12.3 Å². The lowest BCUT2D eigenvalue weighted by Crippen LogP contribution is -2.53. The first-order valence-electron chi connectivity index (χ1n) is 9.42. The molecule has 0 spiro atoms. The molecule has 2 rings (SSSR count). The van der Waals surface area contributed by atoms with Gasteiger partial charge in [0, 0.05) is 18.3 Å². The molecule has 0 aliphatic heterocycles. The van der Waals surface area contributed by atoms with Crippen molar-refractivity contribution in [1.29, 1.82) is 0 Å². The first-order chi connectivity index (χ1) is 14.3. The zero-order chi connectivity index (χ0) is 22.3. The first-order valence-corrected chi connectivity index (χ1v) is 9.80. The van der Waals surface area contributed by atoms with Crippen LogP contribution in [0.5, 0.6) is 0 Å². The van der Waals surface area contributed by atoms with E-state index in [0.29, 0.717) is 11.3 Å². The van der Waals surface area contributed by atoms with Crippen LogP contribution in [-0.4, -0.2) is 37.4 Å². The average Bonchev–Trinajstić information content (AvgIpc) is 2.75. The second kappa shape index (κ2) is 10.5. The molecule has 2 aromatic carbocycles. The number of anilines is 1. The van der Waals surface area contributed by atoms with E-state index in [4.69, 9.17) is 18.0 Å². The molecule has 1 unspecified atom stereocenters. The highest BCUT2D eigenvalue weighted by Gasteiger charge is 2.31. The topological polar surface area (TPSA) is 78.5 Å². The molecular formula is C23H24ClN3O3. The second-order valence-electron chi connectivity index (χ2n) is 6.97. The predicted octanol–water partition coefficient (Wildman–Crippen LogP) is 2.85. The molecule has 0 fully saturated rings. The van der Waals surface area contributed by atoms with Crippen LogP contribution in [0.2, 0.25) is 5.02 Å². The van der Waals surface area contributed by atoms with Crippen LogP contribution in [-0.2, 0) is 9.59 Å². The maximum atomic E-state index is 13.4. The zero-order valence-corrected chi connectivity index (χ0v) is 17.9. The van der Waals surface area contributed by atoms with Crippen molar-refractivity contribution in [2.75, 3.05) is 18.5 Å². The summed E-state index contributed by atoms with van der Waals surface area (Å²) in [4.78, 5) is 39.6. The van der Waals surface area contributed by atoms with Crippen LogP contribution in [0.15, 0.2) is 48.5 Å². The van der Waals surface area contributed by atoms with Crippen molar-refractivity contribution in [2.45, 2.75) is 19.9 Å². The third-order valence-corrected chi connectivity index (χ3v) is 4.84. The smallest absolute Gasteiger partial charge is 0.253 e. The molecule has 0 saturated carbocycles. The number of rotatable bonds is 7. The summed E-state index contributed by atoms with van der Waals surface area (Å²) in [7, 11) is 1.49. The normalized spacial score (nSPS) is 11.3. The third kappa shape index (κ3) is 5.62. The fourth-order valence-corrected chi connectivity index (χ4v) is 3.05. The minimum atomic E-state index is -0.882. The van der Waals surface area contributed by atoms with Gasteiger partial charge in [0.1, 0.15) is 12.6 Å². The summed E-state index contributed by atoms with van der Waals surface area (Å²) >= 11 is 6.11. The maximum absolute atomic E-state index is 13.4. The van der Waals surface area contributed by atoms with Crippen LogP contribution in [0.1, 0.15) is 29.8 Å². The molecule has 0 aliphatic carbocycles. The van der Waals surface area contributed by atoms with Crippen molar-refractivity contribution < 1.29 is 14.4 Å². The summed E-state index contributed by atoms with van der Waals surface area (Å²) in [6, 6.07) is 12.5. The van der Waals surface area contributed by atoms with Gasteiger partial charge in [0.05, 0.1) is 10.6 Å². The van der Waals surface area contributed by atoms with E-state index in [0.717, 1.165) is 0 Å². The summed E-state index contributed by atoms with van der Waals surface area (Å²) < 4.78 is 0. The number of halogens is 1. The lowest BCUT2D eigenvalue weighted by molar-refractivity contribution is -0.125. The number of carbonyl (C=O) groups is 3. The molecule has 2 aromatic rings. The van der Waals surface area contributed by atoms with Gasteiger partial charge >= 0.3 is 0 Å². The van der Waals surface area contributed by atoms with Crippen LogP contribution < -0.4 is 15.5 Å². The minimum Gasteiger partial charge on any atom is -0.358 e. The van der Waals surface area contributed by atoms with Gasteiger partial charge in [0.15, 0.2) is 0 Å². The lowest BCUT2D eigenvalue weighted by Gasteiger charge is -2.29. The molecule has 156 valence electrons. The third-order valence-electron chi connectivity index (χ3n) is 4.51. The molecule has 0 radical (unpaired) electrons. The maximum Gasteiger partial charge on any atom is 0.253 e. The highest BCUT2D eigenvalue weighted by atomic mass is 35.5. The van der Waals surface area contributed by atoms with Gasteiger partial charge in [-0.25, -0.2) is 0 Å². The van der Waals surface area contributed by atoms with Crippen molar-refractivity contribution >= 4 is 35.0 Å². The molecule has 0 aromatic heterocycles. The van der Waals surface area contributed by atoms with E-state index in [1.807, 2.05) is 13.8 Å². The number of nitrogens with zero attached hydrogens (tertiary/aromatic N) is 1. The number of benzene rings is 2. The second-order valence-corrected chi connectivity index (χ2v) is 7.37. The van der Waals surface area contributed by atoms with Crippen LogP contribution in [0.4, 0.5) is 5.69 Å². The molecule has 1 atom stereocenters. The quantitative estimate of drug-likeness (QED) is 0.669. The summed E-state index contributed by atoms with van der Waals surface area (Å²) in [5.41, 5.74) is 1.31. The van der Waals surface area contributed by atoms with E-state index in [9.17, 15) is 14.4 Å². The van der Waals surface area contributed by atoms with Gasteiger partial charge in [-0.05, 0) is 36.2 Å². The number of amides is 3. The molecular weight excluding hydrogens is 402 g/mol. The number of likely N-dealkylation sites (N-methyl/N-ethyl adjacent to an activating group) is 1. The van der Waals surface area contributed by atoms with Crippen LogP contribution in [0.3, 0.4) is 0 Å². The van der Waals surface area contributed by atoms with E-state index in [1.54, 1.807) is 48.5 Å². The monoisotopic (exact) mass is 425 g/mol. The largest absolute Gasteiger partial charge is 0.358 e. The SMILES string of the molecule is C#Cc1cccc(N(CC(=O)NC)C(=O)C(NC(=O)c2ccccc2Cl)C(C)C)c1. The van der Waals surface area contributed by atoms with E-state index >= 15 is 0 Å². The number of carbonyl (C=O) groups excluding carboxylic acids is 3. The molecule has 0 bridgehead atoms. The van der Waals surface area contributed by atoms with E-state index in [2.05, 4.69) is 16.6 Å². The Morgan fingerprint density at radius 1 is 1.13 bits per heavy atom. The van der Waals surface area contributed by atoms with E-state index < -0.39 is 17.9 Å². The Kier molecular flexibility index (Phi) is 8.02. The van der Waals surface area contributed by atoms with Crippen molar-refractivity contribution in [1.82, 2.24) is 10.6 Å². The van der Waals surface area contributed by atoms with Gasteiger partial charge in [-0.2, -0.15) is 0 Å². The minimum absolute atomic E-state index is 0.214. The Bertz CT molecular complexity index is 982. The molecule has 3 amide bonds. The zero-order valence-electron chi connectivity index (χ0n) is 17.1. The first kappa shape index (κ1) is 23.0. The van der Waals surface area contributed by atoms with Gasteiger partial charge in [0.25, 0.3) is 5.91 Å². The van der Waals surface area contributed by atoms with Gasteiger partial charge in [0.2, 0.25) is 11.8 Å². The fraction of sp³-hybridized carbons (Fsp3) is 0.261. The van der Waals surface area contributed by atoms with Gasteiger partial charge in [-0.3, -0.25) is 14.4 Å². The van der Waals surface area contributed by atoms with Crippen molar-refractivity contribution in [3.05, 3.63) is 64.7 Å². The van der Waals surface area contributed by atoms with Crippen LogP contribution >= 0.6 is 11.6 Å². The van der Waals surface area contributed by atoms with Crippen molar-refractivity contribution in [3.63, 3.8) is 0 Å². The van der Waals surface area contributed by atoms with E-state index in [-0.39, 0.29) is 29.0 Å². The Hall–Kier alpha value is -3.30. The Labute approximate surface area is 181 Å². The number of hydrogen-bond donors (Lipinski definition) is 2. The summed E-state index contributed by atoms with van der Waals surface area (Å²) in [5, 5.41) is 5.56. The average molecular weight is 426 g/mol. The van der Waals surface area contributed by atoms with Gasteiger partial charge < -0.3 is 15.5 Å². The fourth-order valence-electron chi connectivity index (χ4n) is 2.83. The molecule has 0 heterocycles. The molecule has 0 aliphatic rings. The Morgan fingerprint density at radius 3 is 2.43 bits per heavy atom. The molecule has 6 nitrogen and oxygen atoms in total. The van der Waals surface area contributed by atoms with Crippen LogP contribution in [0.25, 0.3) is 0 Å². The Balaban J connectivity index is 2.38. The highest BCUT2D eigenvalue weighted by molar-refractivity contribution is 6.33. The van der Waals surface area contributed by atoms with Gasteiger partial charge in [-0.1, -0.05) is 49.6 Å². The number of nitrogens with one attached hydrogen (secondary N) is 2. The predicted molar refractivity (Wildman–Crippen MR) is 118 cm³/mol. The Morgan fingerprint density at radius 2 is 1.83 bits per heavy atom. The van der Waals surface area contributed by atoms with Gasteiger partial charge in [-0.15, -0.1) is 6.42 Å². The molecule has 30 heavy (non-hydrogen) atoms. The lowest BCUT2D eigenvalue weighted by atomic mass is 10.0.